The van der Waals surface area contributed by atoms with Crippen LogP contribution < -0.4 is 4.31 Å². The van der Waals surface area contributed by atoms with Crippen LogP contribution in [0.4, 0.5) is 5.69 Å². The fourth-order valence-electron chi connectivity index (χ4n) is 2.33. The average Bonchev–Trinajstić information content (AvgIpc) is 3.15. The zero-order chi connectivity index (χ0) is 17.9. The SMILES string of the molecule is N#Cc1cccc(S(=O)(=O)N(Cc2ccccc2Cl)c2cn[nH]c2)c1. The highest BCUT2D eigenvalue weighted by molar-refractivity contribution is 7.92. The Hall–Kier alpha value is -2.82. The van der Waals surface area contributed by atoms with Crippen molar-refractivity contribution in [3.05, 3.63) is 77.1 Å². The molecule has 0 bridgehead atoms. The van der Waals surface area contributed by atoms with Gasteiger partial charge >= 0.3 is 0 Å². The van der Waals surface area contributed by atoms with E-state index in [4.69, 9.17) is 16.9 Å². The summed E-state index contributed by atoms with van der Waals surface area (Å²) < 4.78 is 27.5. The molecule has 0 aliphatic carbocycles. The van der Waals surface area contributed by atoms with E-state index in [1.807, 2.05) is 6.07 Å². The Morgan fingerprint density at radius 1 is 1.20 bits per heavy atom. The highest BCUT2D eigenvalue weighted by Crippen LogP contribution is 2.27. The molecule has 3 rings (SSSR count). The number of nitrogens with zero attached hydrogens (tertiary/aromatic N) is 3. The van der Waals surface area contributed by atoms with Gasteiger partial charge in [-0.3, -0.25) is 9.40 Å². The van der Waals surface area contributed by atoms with Crippen molar-refractivity contribution >= 4 is 27.3 Å². The van der Waals surface area contributed by atoms with Crippen molar-refractivity contribution in [2.75, 3.05) is 4.31 Å². The van der Waals surface area contributed by atoms with Gasteiger partial charge in [-0.25, -0.2) is 8.42 Å². The van der Waals surface area contributed by atoms with Crippen LogP contribution in [-0.4, -0.2) is 18.6 Å². The van der Waals surface area contributed by atoms with Gasteiger partial charge in [0.25, 0.3) is 10.0 Å². The molecule has 0 radical (unpaired) electrons. The lowest BCUT2D eigenvalue weighted by atomic mass is 10.2. The molecule has 6 nitrogen and oxygen atoms in total. The van der Waals surface area contributed by atoms with E-state index in [0.29, 0.717) is 16.3 Å². The second-order valence-electron chi connectivity index (χ2n) is 5.20. The molecule has 8 heteroatoms. The number of halogens is 1. The van der Waals surface area contributed by atoms with Gasteiger partial charge in [-0.1, -0.05) is 35.9 Å². The largest absolute Gasteiger partial charge is 0.284 e. The van der Waals surface area contributed by atoms with E-state index >= 15 is 0 Å². The summed E-state index contributed by atoms with van der Waals surface area (Å²) in [6.07, 6.45) is 2.91. The molecule has 3 aromatic rings. The summed E-state index contributed by atoms with van der Waals surface area (Å²) in [5.41, 5.74) is 1.30. The van der Waals surface area contributed by atoms with E-state index in [-0.39, 0.29) is 17.0 Å². The van der Waals surface area contributed by atoms with E-state index in [1.165, 1.54) is 34.9 Å². The standard InChI is InChI=1S/C17H13ClN4O2S/c18-17-7-2-1-5-14(17)12-22(15-10-20-21-11-15)25(23,24)16-6-3-4-13(8-16)9-19/h1-8,10-11H,12H2,(H,20,21). The van der Waals surface area contributed by atoms with Crippen molar-refractivity contribution in [2.24, 2.45) is 0 Å². The van der Waals surface area contributed by atoms with Gasteiger partial charge in [0.05, 0.1) is 35.0 Å². The van der Waals surface area contributed by atoms with Gasteiger partial charge in [0, 0.05) is 11.2 Å². The monoisotopic (exact) mass is 372 g/mol. The van der Waals surface area contributed by atoms with Crippen LogP contribution in [0.3, 0.4) is 0 Å². The zero-order valence-corrected chi connectivity index (χ0v) is 14.5. The summed E-state index contributed by atoms with van der Waals surface area (Å²) in [5, 5.41) is 15.9. The first-order valence-corrected chi connectivity index (χ1v) is 9.09. The van der Waals surface area contributed by atoms with Gasteiger partial charge in [0.2, 0.25) is 0 Å². The molecule has 1 N–H and O–H groups in total. The molecule has 0 saturated heterocycles. The first-order chi connectivity index (χ1) is 12.0. The van der Waals surface area contributed by atoms with Gasteiger partial charge in [-0.2, -0.15) is 10.4 Å². The Kier molecular flexibility index (Phi) is 4.74. The van der Waals surface area contributed by atoms with E-state index < -0.39 is 10.0 Å². The number of sulfonamides is 1. The molecule has 1 heterocycles. The van der Waals surface area contributed by atoms with Crippen LogP contribution in [0.1, 0.15) is 11.1 Å². The lowest BCUT2D eigenvalue weighted by molar-refractivity contribution is 0.590. The minimum atomic E-state index is -3.91. The van der Waals surface area contributed by atoms with Gasteiger partial charge in [0.1, 0.15) is 0 Å². The molecule has 0 fully saturated rings. The quantitative estimate of drug-likeness (QED) is 0.743. The second kappa shape index (κ2) is 6.97. The predicted octanol–water partition coefficient (Wildman–Crippen LogP) is 3.33. The molecule has 0 unspecified atom stereocenters. The van der Waals surface area contributed by atoms with Crippen molar-refractivity contribution < 1.29 is 8.42 Å². The number of nitriles is 1. The number of aromatic amines is 1. The third-order valence-corrected chi connectivity index (χ3v) is 5.73. The summed E-state index contributed by atoms with van der Waals surface area (Å²) in [7, 11) is -3.91. The highest BCUT2D eigenvalue weighted by atomic mass is 35.5. The zero-order valence-electron chi connectivity index (χ0n) is 12.9. The van der Waals surface area contributed by atoms with Gasteiger partial charge in [0.15, 0.2) is 0 Å². The average molecular weight is 373 g/mol. The fourth-order valence-corrected chi connectivity index (χ4v) is 3.99. The van der Waals surface area contributed by atoms with Crippen LogP contribution in [0.5, 0.6) is 0 Å². The molecule has 0 aliphatic heterocycles. The van der Waals surface area contributed by atoms with Gasteiger partial charge in [-0.05, 0) is 29.8 Å². The molecule has 25 heavy (non-hydrogen) atoms. The molecular formula is C17H13ClN4O2S. The van der Waals surface area contributed by atoms with Crippen LogP contribution in [0, 0.1) is 11.3 Å². The van der Waals surface area contributed by atoms with Crippen LogP contribution in [-0.2, 0) is 16.6 Å². The Morgan fingerprint density at radius 2 is 2.00 bits per heavy atom. The molecule has 1 aromatic heterocycles. The summed E-state index contributed by atoms with van der Waals surface area (Å²) in [4.78, 5) is 0.0276. The summed E-state index contributed by atoms with van der Waals surface area (Å²) in [6.45, 7) is 0.0400. The second-order valence-corrected chi connectivity index (χ2v) is 7.47. The number of rotatable bonds is 5. The summed E-state index contributed by atoms with van der Waals surface area (Å²) >= 11 is 6.19. The minimum Gasteiger partial charge on any atom is -0.284 e. The first kappa shape index (κ1) is 17.0. The van der Waals surface area contributed by atoms with Gasteiger partial charge in [-0.15, -0.1) is 0 Å². The third kappa shape index (κ3) is 3.50. The van der Waals surface area contributed by atoms with Crippen molar-refractivity contribution in [1.29, 1.82) is 5.26 Å². The Morgan fingerprint density at radius 3 is 2.68 bits per heavy atom. The number of hydrogen-bond acceptors (Lipinski definition) is 4. The lowest BCUT2D eigenvalue weighted by Crippen LogP contribution is -2.30. The van der Waals surface area contributed by atoms with Crippen molar-refractivity contribution in [3.63, 3.8) is 0 Å². The number of aromatic nitrogens is 2. The van der Waals surface area contributed by atoms with Gasteiger partial charge < -0.3 is 0 Å². The number of hydrogen-bond donors (Lipinski definition) is 1. The van der Waals surface area contributed by atoms with Crippen LogP contribution in [0.15, 0.2) is 65.8 Å². The topological polar surface area (TPSA) is 89.8 Å². The maximum absolute atomic E-state index is 13.1. The van der Waals surface area contributed by atoms with E-state index in [1.54, 1.807) is 30.3 Å². The maximum atomic E-state index is 13.1. The van der Waals surface area contributed by atoms with Crippen molar-refractivity contribution in [3.8, 4) is 6.07 Å². The number of benzene rings is 2. The maximum Gasteiger partial charge on any atom is 0.264 e. The normalized spacial score (nSPS) is 11.0. The van der Waals surface area contributed by atoms with Crippen molar-refractivity contribution in [2.45, 2.75) is 11.4 Å². The van der Waals surface area contributed by atoms with Crippen molar-refractivity contribution in [1.82, 2.24) is 10.2 Å². The molecule has 126 valence electrons. The number of anilines is 1. The predicted molar refractivity (Wildman–Crippen MR) is 94.6 cm³/mol. The molecule has 2 aromatic carbocycles. The van der Waals surface area contributed by atoms with Crippen LogP contribution in [0.25, 0.3) is 0 Å². The van der Waals surface area contributed by atoms with E-state index in [2.05, 4.69) is 10.2 Å². The fraction of sp³-hybridized carbons (Fsp3) is 0.0588. The highest BCUT2D eigenvalue weighted by Gasteiger charge is 2.26. The molecule has 0 saturated carbocycles. The molecule has 0 atom stereocenters. The van der Waals surface area contributed by atoms with E-state index in [0.717, 1.165) is 0 Å². The Bertz CT molecular complexity index is 1030. The Labute approximate surface area is 150 Å². The van der Waals surface area contributed by atoms with Crippen LogP contribution in [0.2, 0.25) is 5.02 Å². The molecule has 0 spiro atoms. The van der Waals surface area contributed by atoms with E-state index in [9.17, 15) is 8.42 Å². The third-order valence-electron chi connectivity index (χ3n) is 3.59. The molecular weight excluding hydrogens is 360 g/mol. The van der Waals surface area contributed by atoms with Crippen LogP contribution >= 0.6 is 11.6 Å². The lowest BCUT2D eigenvalue weighted by Gasteiger charge is -2.23. The Balaban J connectivity index is 2.08. The minimum absolute atomic E-state index is 0.0276. The number of nitrogens with one attached hydrogen (secondary N) is 1. The molecule has 0 amide bonds. The number of H-pyrrole nitrogens is 1. The smallest absolute Gasteiger partial charge is 0.264 e. The summed E-state index contributed by atoms with van der Waals surface area (Å²) in [5.74, 6) is 0. The summed E-state index contributed by atoms with van der Waals surface area (Å²) in [6, 6.07) is 14.9. The molecule has 0 aliphatic rings. The first-order valence-electron chi connectivity index (χ1n) is 7.27.